The summed E-state index contributed by atoms with van der Waals surface area (Å²) in [5.41, 5.74) is 1.93. The molecule has 0 aliphatic rings. The van der Waals surface area contributed by atoms with E-state index in [9.17, 15) is 9.59 Å². The van der Waals surface area contributed by atoms with E-state index in [1.807, 2.05) is 6.07 Å². The van der Waals surface area contributed by atoms with Crippen LogP contribution in [0.4, 0.5) is 5.69 Å². The van der Waals surface area contributed by atoms with E-state index >= 15 is 0 Å². The van der Waals surface area contributed by atoms with Gasteiger partial charge in [0.1, 0.15) is 0 Å². The first kappa shape index (κ1) is 22.6. The van der Waals surface area contributed by atoms with Gasteiger partial charge in [-0.1, -0.05) is 41.9 Å². The summed E-state index contributed by atoms with van der Waals surface area (Å²) in [6.07, 6.45) is 3.01. The van der Waals surface area contributed by atoms with Crippen molar-refractivity contribution in [2.24, 2.45) is 0 Å². The molecule has 1 N–H and O–H groups in total. The molecule has 3 rings (SSSR count). The van der Waals surface area contributed by atoms with Gasteiger partial charge in [-0.25, -0.2) is 0 Å². The zero-order chi connectivity index (χ0) is 22.4. The Morgan fingerprint density at radius 2 is 1.74 bits per heavy atom. The average Bonchev–Trinajstić information content (AvgIpc) is 2.78. The number of methoxy groups -OCH3 is 2. The highest BCUT2D eigenvalue weighted by Crippen LogP contribution is 2.36. The monoisotopic (exact) mass is 499 g/mol. The molecule has 0 bridgehead atoms. The third-order valence-corrected chi connectivity index (χ3v) is 5.23. The summed E-state index contributed by atoms with van der Waals surface area (Å²) in [7, 11) is 3.09. The van der Waals surface area contributed by atoms with Gasteiger partial charge in [0.2, 0.25) is 5.91 Å². The SMILES string of the molecule is COc1cc(C=CC(=O)Nc2ccc(Cl)cc2C(=O)c2ccccc2)cc(Br)c1OC. The molecular weight excluding hydrogens is 482 g/mol. The Kier molecular flexibility index (Phi) is 7.50. The highest BCUT2D eigenvalue weighted by atomic mass is 79.9. The average molecular weight is 501 g/mol. The smallest absolute Gasteiger partial charge is 0.248 e. The lowest BCUT2D eigenvalue weighted by Crippen LogP contribution is -2.12. The van der Waals surface area contributed by atoms with Crippen LogP contribution in [0.2, 0.25) is 5.02 Å². The fourth-order valence-electron chi connectivity index (χ4n) is 2.94. The maximum Gasteiger partial charge on any atom is 0.248 e. The predicted octanol–water partition coefficient (Wildman–Crippen LogP) is 6.00. The molecule has 1 amide bonds. The molecule has 0 aromatic heterocycles. The molecule has 0 unspecified atom stereocenters. The second-order valence-corrected chi connectivity index (χ2v) is 7.74. The summed E-state index contributed by atoms with van der Waals surface area (Å²) in [5.74, 6) is 0.473. The van der Waals surface area contributed by atoms with E-state index < -0.39 is 5.91 Å². The summed E-state index contributed by atoms with van der Waals surface area (Å²) in [5, 5.41) is 3.16. The van der Waals surface area contributed by atoms with Gasteiger partial charge in [0.15, 0.2) is 17.3 Å². The Morgan fingerprint density at radius 3 is 2.42 bits per heavy atom. The van der Waals surface area contributed by atoms with Crippen LogP contribution in [0, 0.1) is 0 Å². The normalized spacial score (nSPS) is 10.7. The van der Waals surface area contributed by atoms with Crippen molar-refractivity contribution in [3.05, 3.63) is 92.9 Å². The van der Waals surface area contributed by atoms with Crippen LogP contribution in [0.5, 0.6) is 11.5 Å². The van der Waals surface area contributed by atoms with Crippen molar-refractivity contribution in [2.45, 2.75) is 0 Å². The maximum atomic E-state index is 12.9. The Hall–Kier alpha value is -3.09. The lowest BCUT2D eigenvalue weighted by molar-refractivity contribution is -0.111. The Morgan fingerprint density at radius 1 is 1.00 bits per heavy atom. The first-order valence-electron chi connectivity index (χ1n) is 9.23. The van der Waals surface area contributed by atoms with Gasteiger partial charge in [0.05, 0.1) is 24.4 Å². The largest absolute Gasteiger partial charge is 0.493 e. The number of halogens is 2. The molecular formula is C24H19BrClNO4. The molecule has 5 nitrogen and oxygen atoms in total. The molecule has 0 saturated carbocycles. The van der Waals surface area contributed by atoms with Crippen molar-refractivity contribution >= 4 is 51.0 Å². The maximum absolute atomic E-state index is 12.9. The molecule has 0 saturated heterocycles. The number of rotatable bonds is 7. The molecule has 3 aromatic rings. The van der Waals surface area contributed by atoms with Gasteiger partial charge < -0.3 is 14.8 Å². The van der Waals surface area contributed by atoms with Crippen LogP contribution in [-0.4, -0.2) is 25.9 Å². The van der Waals surface area contributed by atoms with Gasteiger partial charge in [-0.15, -0.1) is 0 Å². The Balaban J connectivity index is 1.83. The highest BCUT2D eigenvalue weighted by molar-refractivity contribution is 9.10. The molecule has 0 aliphatic carbocycles. The topological polar surface area (TPSA) is 64.6 Å². The molecule has 0 aliphatic heterocycles. The van der Waals surface area contributed by atoms with E-state index in [0.717, 1.165) is 5.56 Å². The van der Waals surface area contributed by atoms with E-state index in [1.54, 1.807) is 67.8 Å². The van der Waals surface area contributed by atoms with Gasteiger partial charge in [0.25, 0.3) is 0 Å². The van der Waals surface area contributed by atoms with Crippen LogP contribution in [0.15, 0.2) is 71.2 Å². The summed E-state index contributed by atoms with van der Waals surface area (Å²) in [6.45, 7) is 0. The highest BCUT2D eigenvalue weighted by Gasteiger charge is 2.15. The molecule has 158 valence electrons. The van der Waals surface area contributed by atoms with E-state index in [4.69, 9.17) is 21.1 Å². The Bertz CT molecular complexity index is 1150. The number of carbonyl (C=O) groups is 2. The van der Waals surface area contributed by atoms with E-state index in [-0.39, 0.29) is 5.78 Å². The number of anilines is 1. The number of hydrogen-bond acceptors (Lipinski definition) is 4. The first-order valence-corrected chi connectivity index (χ1v) is 10.4. The quantitative estimate of drug-likeness (QED) is 0.319. The van der Waals surface area contributed by atoms with E-state index in [1.165, 1.54) is 13.2 Å². The van der Waals surface area contributed by atoms with Crippen molar-refractivity contribution in [3.63, 3.8) is 0 Å². The second-order valence-electron chi connectivity index (χ2n) is 6.45. The second kappa shape index (κ2) is 10.3. The summed E-state index contributed by atoms with van der Waals surface area (Å²) in [6, 6.07) is 17.1. The molecule has 3 aromatic carbocycles. The fourth-order valence-corrected chi connectivity index (χ4v) is 3.73. The minimum atomic E-state index is -0.393. The summed E-state index contributed by atoms with van der Waals surface area (Å²) in [4.78, 5) is 25.4. The third-order valence-electron chi connectivity index (χ3n) is 4.40. The van der Waals surface area contributed by atoms with E-state index in [0.29, 0.717) is 37.8 Å². The zero-order valence-corrected chi connectivity index (χ0v) is 19.2. The van der Waals surface area contributed by atoms with Gasteiger partial charge >= 0.3 is 0 Å². The van der Waals surface area contributed by atoms with Crippen LogP contribution in [0.1, 0.15) is 21.5 Å². The zero-order valence-electron chi connectivity index (χ0n) is 16.8. The van der Waals surface area contributed by atoms with Gasteiger partial charge in [0, 0.05) is 22.2 Å². The molecule has 7 heteroatoms. The molecule has 0 atom stereocenters. The number of carbonyl (C=O) groups excluding carboxylic acids is 2. The van der Waals surface area contributed by atoms with Crippen LogP contribution in [0.3, 0.4) is 0 Å². The molecule has 31 heavy (non-hydrogen) atoms. The minimum Gasteiger partial charge on any atom is -0.493 e. The lowest BCUT2D eigenvalue weighted by Gasteiger charge is -2.11. The summed E-state index contributed by atoms with van der Waals surface area (Å²) >= 11 is 9.51. The molecule has 0 heterocycles. The van der Waals surface area contributed by atoms with Crippen molar-refractivity contribution in [1.29, 1.82) is 0 Å². The lowest BCUT2D eigenvalue weighted by atomic mass is 10.0. The number of ketones is 1. The number of benzene rings is 3. The van der Waals surface area contributed by atoms with Crippen molar-refractivity contribution in [2.75, 3.05) is 19.5 Å². The van der Waals surface area contributed by atoms with E-state index in [2.05, 4.69) is 21.2 Å². The van der Waals surface area contributed by atoms with Crippen LogP contribution < -0.4 is 14.8 Å². The van der Waals surface area contributed by atoms with Crippen LogP contribution in [0.25, 0.3) is 6.08 Å². The van der Waals surface area contributed by atoms with Crippen molar-refractivity contribution < 1.29 is 19.1 Å². The fraction of sp³-hybridized carbons (Fsp3) is 0.0833. The standard InChI is InChI=1S/C24H19BrClNO4/c1-30-21-13-15(12-19(25)24(21)31-2)8-11-22(28)27-20-10-9-17(26)14-18(20)23(29)16-6-4-3-5-7-16/h3-14H,1-2H3,(H,27,28). The van der Waals surface area contributed by atoms with Gasteiger partial charge in [-0.2, -0.15) is 0 Å². The minimum absolute atomic E-state index is 0.230. The number of amides is 1. The Labute approximate surface area is 193 Å². The van der Waals surface area contributed by atoms with Gasteiger partial charge in [-0.3, -0.25) is 9.59 Å². The van der Waals surface area contributed by atoms with Crippen LogP contribution in [-0.2, 0) is 4.79 Å². The third kappa shape index (κ3) is 5.54. The molecule has 0 radical (unpaired) electrons. The molecule has 0 spiro atoms. The van der Waals surface area contributed by atoms with Gasteiger partial charge in [-0.05, 0) is 57.9 Å². The number of hydrogen-bond donors (Lipinski definition) is 1. The van der Waals surface area contributed by atoms with Crippen LogP contribution >= 0.6 is 27.5 Å². The first-order chi connectivity index (χ1) is 14.9. The molecule has 0 fully saturated rings. The van der Waals surface area contributed by atoms with Crippen molar-refractivity contribution in [3.8, 4) is 11.5 Å². The summed E-state index contributed by atoms with van der Waals surface area (Å²) < 4.78 is 11.3. The number of ether oxygens (including phenoxy) is 2. The predicted molar refractivity (Wildman–Crippen MR) is 126 cm³/mol. The number of nitrogens with one attached hydrogen (secondary N) is 1. The van der Waals surface area contributed by atoms with Crippen molar-refractivity contribution in [1.82, 2.24) is 0 Å².